The molecule has 1 amide bonds. The maximum Gasteiger partial charge on any atom is 0.306 e. The highest BCUT2D eigenvalue weighted by Gasteiger charge is 2.14. The summed E-state index contributed by atoms with van der Waals surface area (Å²) >= 11 is 0. The molecular formula is C13H20N4O3. The van der Waals surface area contributed by atoms with Gasteiger partial charge in [-0.15, -0.1) is 0 Å². The summed E-state index contributed by atoms with van der Waals surface area (Å²) in [5, 5.41) is 11.9. The highest BCUT2D eigenvalue weighted by molar-refractivity contribution is 5.95. The number of aromatic nitrogens is 2. The van der Waals surface area contributed by atoms with Gasteiger partial charge in [0.2, 0.25) is 0 Å². The molecule has 2 unspecified atom stereocenters. The van der Waals surface area contributed by atoms with Gasteiger partial charge in [-0.2, -0.15) is 0 Å². The van der Waals surface area contributed by atoms with Crippen LogP contribution in [0.15, 0.2) is 12.4 Å². The van der Waals surface area contributed by atoms with Gasteiger partial charge in [0, 0.05) is 18.4 Å². The third-order valence-electron chi connectivity index (χ3n) is 3.01. The van der Waals surface area contributed by atoms with Crippen LogP contribution < -0.4 is 11.1 Å². The predicted molar refractivity (Wildman–Crippen MR) is 74.3 cm³/mol. The van der Waals surface area contributed by atoms with Gasteiger partial charge in [-0.3, -0.25) is 9.59 Å². The molecule has 1 rings (SSSR count). The summed E-state index contributed by atoms with van der Waals surface area (Å²) in [7, 11) is 0. The van der Waals surface area contributed by atoms with Gasteiger partial charge in [-0.1, -0.05) is 13.3 Å². The fraction of sp³-hybridized carbons (Fsp3) is 0.538. The van der Waals surface area contributed by atoms with E-state index in [1.807, 2.05) is 6.92 Å². The molecule has 20 heavy (non-hydrogen) atoms. The topological polar surface area (TPSA) is 118 Å². The van der Waals surface area contributed by atoms with E-state index in [-0.39, 0.29) is 17.7 Å². The van der Waals surface area contributed by atoms with Gasteiger partial charge in [0.15, 0.2) is 11.5 Å². The number of nitrogens with zero attached hydrogens (tertiary/aromatic N) is 2. The lowest BCUT2D eigenvalue weighted by molar-refractivity contribution is -0.141. The largest absolute Gasteiger partial charge is 0.481 e. The minimum atomic E-state index is -0.782. The summed E-state index contributed by atoms with van der Waals surface area (Å²) < 4.78 is 0. The highest BCUT2D eigenvalue weighted by atomic mass is 16.4. The molecule has 0 aromatic carbocycles. The maximum absolute atomic E-state index is 11.2. The fourth-order valence-corrected chi connectivity index (χ4v) is 1.78. The van der Waals surface area contributed by atoms with Gasteiger partial charge in [-0.05, 0) is 19.8 Å². The Morgan fingerprint density at radius 3 is 2.55 bits per heavy atom. The Balaban J connectivity index is 2.49. The van der Waals surface area contributed by atoms with Crippen LogP contribution in [-0.4, -0.2) is 33.0 Å². The number of carbonyl (C=O) groups excluding carboxylic acids is 1. The Labute approximate surface area is 117 Å². The van der Waals surface area contributed by atoms with Crippen molar-refractivity contribution in [3.63, 3.8) is 0 Å². The lowest BCUT2D eigenvalue weighted by Gasteiger charge is -2.16. The molecule has 0 aliphatic heterocycles. The van der Waals surface area contributed by atoms with Gasteiger partial charge in [0.05, 0.1) is 5.92 Å². The van der Waals surface area contributed by atoms with Crippen LogP contribution in [0.2, 0.25) is 0 Å². The molecule has 0 aliphatic carbocycles. The lowest BCUT2D eigenvalue weighted by atomic mass is 10.0. The van der Waals surface area contributed by atoms with Crippen molar-refractivity contribution >= 4 is 17.7 Å². The van der Waals surface area contributed by atoms with E-state index in [0.717, 1.165) is 12.8 Å². The van der Waals surface area contributed by atoms with Gasteiger partial charge >= 0.3 is 5.97 Å². The Morgan fingerprint density at radius 2 is 1.95 bits per heavy atom. The summed E-state index contributed by atoms with van der Waals surface area (Å²) in [4.78, 5) is 29.8. The Morgan fingerprint density at radius 1 is 1.30 bits per heavy atom. The number of amides is 1. The normalized spacial score (nSPS) is 13.5. The molecule has 1 aromatic heterocycles. The average Bonchev–Trinajstić information content (AvgIpc) is 2.38. The molecule has 0 radical (unpaired) electrons. The predicted octanol–water partition coefficient (Wildman–Crippen LogP) is 1.27. The molecule has 110 valence electrons. The van der Waals surface area contributed by atoms with E-state index in [4.69, 9.17) is 10.8 Å². The van der Waals surface area contributed by atoms with Crippen LogP contribution in [0.4, 0.5) is 5.82 Å². The number of anilines is 1. The first-order valence-corrected chi connectivity index (χ1v) is 6.52. The van der Waals surface area contributed by atoms with Crippen LogP contribution in [0.1, 0.15) is 43.6 Å². The van der Waals surface area contributed by atoms with Crippen LogP contribution in [0.3, 0.4) is 0 Å². The summed E-state index contributed by atoms with van der Waals surface area (Å²) in [5.41, 5.74) is 5.33. The molecule has 0 saturated heterocycles. The Bertz CT molecular complexity index is 478. The van der Waals surface area contributed by atoms with Crippen LogP contribution in [0, 0.1) is 5.92 Å². The molecule has 2 atom stereocenters. The van der Waals surface area contributed by atoms with Crippen molar-refractivity contribution in [1.29, 1.82) is 0 Å². The van der Waals surface area contributed by atoms with E-state index in [0.29, 0.717) is 12.2 Å². The quantitative estimate of drug-likeness (QED) is 0.659. The summed E-state index contributed by atoms with van der Waals surface area (Å²) in [6.07, 6.45) is 5.04. The summed E-state index contributed by atoms with van der Waals surface area (Å²) in [6.45, 7) is 3.62. The van der Waals surface area contributed by atoms with E-state index < -0.39 is 11.9 Å². The van der Waals surface area contributed by atoms with E-state index in [1.165, 1.54) is 12.4 Å². The summed E-state index contributed by atoms with van der Waals surface area (Å²) in [6, 6.07) is 0.0470. The molecule has 0 fully saturated rings. The molecule has 1 aromatic rings. The number of hydrogen-bond acceptors (Lipinski definition) is 5. The third-order valence-corrected chi connectivity index (χ3v) is 3.01. The molecule has 7 nitrogen and oxygen atoms in total. The smallest absolute Gasteiger partial charge is 0.306 e. The SMILES string of the molecule is CC(CCCC(C)C(=O)O)Nc1nccnc1C(N)=O. The van der Waals surface area contributed by atoms with Crippen molar-refractivity contribution in [3.8, 4) is 0 Å². The van der Waals surface area contributed by atoms with Crippen LogP contribution in [0.25, 0.3) is 0 Å². The van der Waals surface area contributed by atoms with E-state index in [9.17, 15) is 9.59 Å². The van der Waals surface area contributed by atoms with Crippen molar-refractivity contribution in [1.82, 2.24) is 9.97 Å². The van der Waals surface area contributed by atoms with Crippen molar-refractivity contribution < 1.29 is 14.7 Å². The fourth-order valence-electron chi connectivity index (χ4n) is 1.78. The number of nitrogens with two attached hydrogens (primary N) is 1. The zero-order chi connectivity index (χ0) is 15.1. The molecule has 4 N–H and O–H groups in total. The molecule has 0 bridgehead atoms. The van der Waals surface area contributed by atoms with E-state index >= 15 is 0 Å². The average molecular weight is 280 g/mol. The number of aliphatic carboxylic acids is 1. The van der Waals surface area contributed by atoms with Crippen molar-refractivity contribution in [3.05, 3.63) is 18.1 Å². The molecule has 0 saturated carbocycles. The number of hydrogen-bond donors (Lipinski definition) is 3. The number of carboxylic acid groups (broad SMARTS) is 1. The van der Waals surface area contributed by atoms with E-state index in [1.54, 1.807) is 6.92 Å². The highest BCUT2D eigenvalue weighted by Crippen LogP contribution is 2.14. The van der Waals surface area contributed by atoms with Crippen LogP contribution in [0.5, 0.6) is 0 Å². The Kier molecular flexibility index (Phi) is 5.89. The number of carbonyl (C=O) groups is 2. The minimum absolute atomic E-state index is 0.0470. The number of primary amides is 1. The maximum atomic E-state index is 11.2. The molecule has 1 heterocycles. The second-order valence-electron chi connectivity index (χ2n) is 4.83. The number of carboxylic acids is 1. The first kappa shape index (κ1) is 15.9. The molecular weight excluding hydrogens is 260 g/mol. The lowest BCUT2D eigenvalue weighted by Crippen LogP contribution is -2.22. The third kappa shape index (κ3) is 4.83. The van der Waals surface area contributed by atoms with Crippen molar-refractivity contribution in [2.75, 3.05) is 5.32 Å². The van der Waals surface area contributed by atoms with Gasteiger partial charge < -0.3 is 16.2 Å². The first-order chi connectivity index (χ1) is 9.41. The van der Waals surface area contributed by atoms with Crippen LogP contribution in [-0.2, 0) is 4.79 Å². The second-order valence-corrected chi connectivity index (χ2v) is 4.83. The van der Waals surface area contributed by atoms with E-state index in [2.05, 4.69) is 15.3 Å². The number of nitrogens with one attached hydrogen (secondary N) is 1. The van der Waals surface area contributed by atoms with Crippen LogP contribution >= 0.6 is 0 Å². The standard InChI is InChI=1S/C13H20N4O3/c1-8(13(19)20)4-3-5-9(2)17-12-10(11(14)18)15-6-7-16-12/h6-9H,3-5H2,1-2H3,(H2,14,18)(H,16,17)(H,19,20). The first-order valence-electron chi connectivity index (χ1n) is 6.52. The van der Waals surface area contributed by atoms with Crippen molar-refractivity contribution in [2.24, 2.45) is 11.7 Å². The van der Waals surface area contributed by atoms with Gasteiger partial charge in [0.25, 0.3) is 5.91 Å². The van der Waals surface area contributed by atoms with Gasteiger partial charge in [0.1, 0.15) is 0 Å². The molecule has 0 aliphatic rings. The molecule has 7 heteroatoms. The zero-order valence-corrected chi connectivity index (χ0v) is 11.7. The van der Waals surface area contributed by atoms with Crippen molar-refractivity contribution in [2.45, 2.75) is 39.2 Å². The Hall–Kier alpha value is -2.18. The number of rotatable bonds is 8. The summed E-state index contributed by atoms with van der Waals surface area (Å²) in [5.74, 6) is -1.40. The molecule has 0 spiro atoms. The minimum Gasteiger partial charge on any atom is -0.481 e. The zero-order valence-electron chi connectivity index (χ0n) is 11.7. The second kappa shape index (κ2) is 7.42. The van der Waals surface area contributed by atoms with Gasteiger partial charge in [-0.25, -0.2) is 9.97 Å². The monoisotopic (exact) mass is 280 g/mol.